The lowest BCUT2D eigenvalue weighted by Crippen LogP contribution is -2.65. The fraction of sp³-hybridized carbons (Fsp3) is 0.423. The Bertz CT molecular complexity index is 1180. The van der Waals surface area contributed by atoms with Crippen LogP contribution in [0.3, 0.4) is 0 Å². The second kappa shape index (κ2) is 9.33. The molecule has 1 aliphatic carbocycles. The molecule has 0 spiro atoms. The summed E-state index contributed by atoms with van der Waals surface area (Å²) in [5, 5.41) is 7.92. The second-order valence-electron chi connectivity index (χ2n) is 9.33. The van der Waals surface area contributed by atoms with Gasteiger partial charge >= 0.3 is 0 Å². The number of furan rings is 1. The van der Waals surface area contributed by atoms with E-state index < -0.39 is 5.54 Å². The summed E-state index contributed by atoms with van der Waals surface area (Å²) in [7, 11) is 0. The van der Waals surface area contributed by atoms with E-state index in [0.29, 0.717) is 22.8 Å². The molecule has 178 valence electrons. The number of rotatable bonds is 5. The van der Waals surface area contributed by atoms with E-state index in [4.69, 9.17) is 4.42 Å². The second-order valence-corrected chi connectivity index (χ2v) is 10.2. The summed E-state index contributed by atoms with van der Waals surface area (Å²) in [5.74, 6) is 0.214. The number of carbonyl (C=O) groups is 2. The van der Waals surface area contributed by atoms with Crippen molar-refractivity contribution in [1.82, 2.24) is 15.1 Å². The van der Waals surface area contributed by atoms with E-state index in [2.05, 4.69) is 10.4 Å². The molecule has 0 saturated heterocycles. The third kappa shape index (κ3) is 4.15. The molecule has 1 N–H and O–H groups in total. The third-order valence-electron chi connectivity index (χ3n) is 6.92. The highest BCUT2D eigenvalue weighted by atomic mass is 32.2. The number of carbonyl (C=O) groups excluding carboxylic acids is 2. The van der Waals surface area contributed by atoms with Crippen LogP contribution in [-0.4, -0.2) is 39.4 Å². The lowest BCUT2D eigenvalue weighted by molar-refractivity contribution is -0.127. The van der Waals surface area contributed by atoms with Gasteiger partial charge in [-0.2, -0.15) is 5.10 Å². The summed E-state index contributed by atoms with van der Waals surface area (Å²) in [6.45, 7) is 2.11. The zero-order chi connectivity index (χ0) is 23.7. The molecule has 0 bridgehead atoms. The number of anilines is 1. The van der Waals surface area contributed by atoms with Crippen molar-refractivity contribution in [1.29, 1.82) is 0 Å². The van der Waals surface area contributed by atoms with Gasteiger partial charge in [-0.05, 0) is 56.4 Å². The number of hydrogen-bond donors (Lipinski definition) is 1. The lowest BCUT2D eigenvalue weighted by Gasteiger charge is -2.43. The molecule has 2 aromatic heterocycles. The minimum Gasteiger partial charge on any atom is -0.463 e. The van der Waals surface area contributed by atoms with Crippen LogP contribution >= 0.6 is 11.8 Å². The zero-order valence-electron chi connectivity index (χ0n) is 19.6. The van der Waals surface area contributed by atoms with E-state index >= 15 is 0 Å². The number of fused-ring (bicyclic) bond motifs is 1. The number of aromatic nitrogens is 2. The molecular weight excluding hydrogens is 448 g/mol. The monoisotopic (exact) mass is 478 g/mol. The van der Waals surface area contributed by atoms with Crippen molar-refractivity contribution in [2.24, 2.45) is 0 Å². The molecule has 2 aliphatic rings. The Morgan fingerprint density at radius 3 is 2.65 bits per heavy atom. The predicted molar refractivity (Wildman–Crippen MR) is 133 cm³/mol. The lowest BCUT2D eigenvalue weighted by atomic mass is 9.93. The predicted octanol–water partition coefficient (Wildman–Crippen LogP) is 5.12. The molecule has 5 rings (SSSR count). The summed E-state index contributed by atoms with van der Waals surface area (Å²) >= 11 is 1.61. The van der Waals surface area contributed by atoms with Crippen molar-refractivity contribution >= 4 is 29.3 Å². The Labute approximate surface area is 203 Å². The van der Waals surface area contributed by atoms with Crippen molar-refractivity contribution in [3.63, 3.8) is 0 Å². The Balaban J connectivity index is 1.55. The van der Waals surface area contributed by atoms with Crippen LogP contribution in [0.1, 0.15) is 55.9 Å². The van der Waals surface area contributed by atoms with E-state index in [9.17, 15) is 9.59 Å². The van der Waals surface area contributed by atoms with Gasteiger partial charge < -0.3 is 9.73 Å². The molecule has 3 heterocycles. The Morgan fingerprint density at radius 1 is 1.15 bits per heavy atom. The number of nitrogens with one attached hydrogen (secondary N) is 1. The van der Waals surface area contributed by atoms with Gasteiger partial charge in [-0.3, -0.25) is 19.2 Å². The molecule has 8 heteroatoms. The maximum atomic E-state index is 13.9. The molecule has 2 amide bonds. The van der Waals surface area contributed by atoms with Crippen molar-refractivity contribution in [3.8, 4) is 11.5 Å². The van der Waals surface area contributed by atoms with Crippen molar-refractivity contribution < 1.29 is 14.0 Å². The fourth-order valence-electron chi connectivity index (χ4n) is 5.04. The Kier molecular flexibility index (Phi) is 6.25. The number of nitrogens with zero attached hydrogens (tertiary/aromatic N) is 3. The van der Waals surface area contributed by atoms with E-state index in [1.165, 1.54) is 12.8 Å². The quantitative estimate of drug-likeness (QED) is 0.407. The molecular formula is C26H30N4O3S. The van der Waals surface area contributed by atoms with Crippen LogP contribution in [0.2, 0.25) is 0 Å². The molecule has 1 fully saturated rings. The van der Waals surface area contributed by atoms with Gasteiger partial charge in [0.2, 0.25) is 5.91 Å². The van der Waals surface area contributed by atoms with Gasteiger partial charge in [0.15, 0.2) is 5.76 Å². The van der Waals surface area contributed by atoms with Gasteiger partial charge in [0, 0.05) is 22.7 Å². The average Bonchev–Trinajstić information content (AvgIpc) is 3.45. The highest BCUT2D eigenvalue weighted by molar-refractivity contribution is 7.98. The summed E-state index contributed by atoms with van der Waals surface area (Å²) in [6, 6.07) is 13.3. The first-order valence-corrected chi connectivity index (χ1v) is 13.1. The number of thioether (sulfide) groups is 1. The molecule has 1 aliphatic heterocycles. The van der Waals surface area contributed by atoms with E-state index in [1.807, 2.05) is 43.5 Å². The first kappa shape index (κ1) is 22.8. The van der Waals surface area contributed by atoms with Crippen LogP contribution in [0.4, 0.5) is 5.69 Å². The van der Waals surface area contributed by atoms with Crippen LogP contribution < -0.4 is 10.2 Å². The fourth-order valence-corrected chi connectivity index (χ4v) is 5.50. The smallest absolute Gasteiger partial charge is 0.277 e. The summed E-state index contributed by atoms with van der Waals surface area (Å²) in [6.07, 6.45) is 10.2. The van der Waals surface area contributed by atoms with Crippen LogP contribution in [0.5, 0.6) is 0 Å². The zero-order valence-corrected chi connectivity index (χ0v) is 20.4. The molecule has 7 nitrogen and oxygen atoms in total. The summed E-state index contributed by atoms with van der Waals surface area (Å²) in [4.78, 5) is 30.5. The van der Waals surface area contributed by atoms with E-state index in [1.54, 1.807) is 39.7 Å². The number of amides is 2. The molecule has 1 aromatic carbocycles. The standard InChI is InChI=1S/C26H30N4O3S/c1-26(25(32)27-18-9-5-3-4-6-10-18)17-29-22(16-21(28-29)23-13-8-14-33-23)24(31)30(26)19-11-7-12-20(15-19)34-2/h7-8,11-16,18H,3-6,9-10,17H2,1-2H3,(H,27,32). The topological polar surface area (TPSA) is 80.4 Å². The van der Waals surface area contributed by atoms with Gasteiger partial charge in [-0.1, -0.05) is 31.7 Å². The normalized spacial score (nSPS) is 21.2. The van der Waals surface area contributed by atoms with E-state index in [-0.39, 0.29) is 24.4 Å². The summed E-state index contributed by atoms with van der Waals surface area (Å²) < 4.78 is 7.16. The first-order valence-electron chi connectivity index (χ1n) is 11.9. The SMILES string of the molecule is CSc1cccc(N2C(=O)c3cc(-c4ccco4)nn3CC2(C)C(=O)NC2CCCCCC2)c1. The minimum absolute atomic E-state index is 0.136. The molecule has 1 saturated carbocycles. The molecule has 0 radical (unpaired) electrons. The van der Waals surface area contributed by atoms with Crippen LogP contribution in [0.25, 0.3) is 11.5 Å². The third-order valence-corrected chi connectivity index (χ3v) is 7.64. The van der Waals surface area contributed by atoms with Gasteiger partial charge in [-0.15, -0.1) is 11.8 Å². The van der Waals surface area contributed by atoms with Crippen molar-refractivity contribution in [2.45, 2.75) is 68.5 Å². The first-order chi connectivity index (χ1) is 16.5. The maximum Gasteiger partial charge on any atom is 0.277 e. The van der Waals surface area contributed by atoms with Gasteiger partial charge in [-0.25, -0.2) is 0 Å². The van der Waals surface area contributed by atoms with Gasteiger partial charge in [0.25, 0.3) is 5.91 Å². The van der Waals surface area contributed by atoms with Crippen molar-refractivity contribution in [3.05, 3.63) is 54.4 Å². The maximum absolute atomic E-state index is 13.9. The minimum atomic E-state index is -1.13. The number of hydrogen-bond acceptors (Lipinski definition) is 5. The summed E-state index contributed by atoms with van der Waals surface area (Å²) in [5.41, 5.74) is 0.613. The van der Waals surface area contributed by atoms with Crippen LogP contribution in [0, 0.1) is 0 Å². The van der Waals surface area contributed by atoms with E-state index in [0.717, 1.165) is 30.6 Å². The van der Waals surface area contributed by atoms with Crippen LogP contribution in [-0.2, 0) is 11.3 Å². The van der Waals surface area contributed by atoms with Gasteiger partial charge in [0.05, 0.1) is 12.8 Å². The highest BCUT2D eigenvalue weighted by Gasteiger charge is 2.49. The molecule has 34 heavy (non-hydrogen) atoms. The largest absolute Gasteiger partial charge is 0.463 e. The average molecular weight is 479 g/mol. The Morgan fingerprint density at radius 2 is 1.94 bits per heavy atom. The Hall–Kier alpha value is -3.00. The van der Waals surface area contributed by atoms with Gasteiger partial charge in [0.1, 0.15) is 16.9 Å². The van der Waals surface area contributed by atoms with Crippen LogP contribution in [0.15, 0.2) is 58.0 Å². The highest BCUT2D eigenvalue weighted by Crippen LogP contribution is 2.36. The van der Waals surface area contributed by atoms with Crippen molar-refractivity contribution in [2.75, 3.05) is 11.2 Å². The number of benzene rings is 1. The molecule has 1 atom stereocenters. The molecule has 3 aromatic rings. The molecule has 1 unspecified atom stereocenters.